The smallest absolute Gasteiger partial charge is 0.265 e. The Morgan fingerprint density at radius 1 is 1.12 bits per heavy atom. The van der Waals surface area contributed by atoms with Gasteiger partial charge < -0.3 is 14.4 Å². The number of aryl methyl sites for hydroxylation is 2. The first-order chi connectivity index (χ1) is 19.2. The van der Waals surface area contributed by atoms with Gasteiger partial charge in [-0.15, -0.1) is 11.3 Å². The van der Waals surface area contributed by atoms with Crippen molar-refractivity contribution in [1.82, 2.24) is 10.4 Å². The SMILES string of the molecule is COCCN1CCC(C(=O)NO)(S(=O)(=O)c2ccc(OCCCc3cc(-c4ccc(F)cc4C)cs3)cc2)CC1. The first-order valence-electron chi connectivity index (χ1n) is 13.2. The van der Waals surface area contributed by atoms with E-state index in [2.05, 4.69) is 11.4 Å². The molecule has 1 amide bonds. The third kappa shape index (κ3) is 6.55. The van der Waals surface area contributed by atoms with Crippen LogP contribution in [0, 0.1) is 12.7 Å². The van der Waals surface area contributed by atoms with Crippen LogP contribution < -0.4 is 10.2 Å². The van der Waals surface area contributed by atoms with Gasteiger partial charge in [-0.25, -0.2) is 18.3 Å². The van der Waals surface area contributed by atoms with Gasteiger partial charge in [-0.05, 0) is 97.1 Å². The van der Waals surface area contributed by atoms with Gasteiger partial charge in [0, 0.05) is 31.6 Å². The number of piperidine rings is 1. The molecule has 1 aliphatic rings. The zero-order valence-corrected chi connectivity index (χ0v) is 24.3. The summed E-state index contributed by atoms with van der Waals surface area (Å²) in [5, 5.41) is 11.4. The van der Waals surface area contributed by atoms with Crippen molar-refractivity contribution in [2.24, 2.45) is 0 Å². The first-order valence-corrected chi connectivity index (χ1v) is 15.5. The van der Waals surface area contributed by atoms with Crippen LogP contribution in [0.3, 0.4) is 0 Å². The number of sulfone groups is 1. The number of hydrogen-bond donors (Lipinski definition) is 2. The largest absolute Gasteiger partial charge is 0.494 e. The maximum atomic E-state index is 13.6. The van der Waals surface area contributed by atoms with Gasteiger partial charge in [0.15, 0.2) is 14.6 Å². The highest BCUT2D eigenvalue weighted by molar-refractivity contribution is 7.93. The van der Waals surface area contributed by atoms with E-state index in [1.165, 1.54) is 29.1 Å². The van der Waals surface area contributed by atoms with Crippen molar-refractivity contribution in [3.63, 3.8) is 0 Å². The molecule has 1 aliphatic heterocycles. The minimum absolute atomic E-state index is 0.0102. The number of likely N-dealkylation sites (tertiary alicyclic amines) is 1. The molecule has 0 saturated carbocycles. The summed E-state index contributed by atoms with van der Waals surface area (Å²) < 4.78 is 49.9. The van der Waals surface area contributed by atoms with Gasteiger partial charge in [0.05, 0.1) is 18.1 Å². The quantitative estimate of drug-likeness (QED) is 0.180. The lowest BCUT2D eigenvalue weighted by Crippen LogP contribution is -2.57. The van der Waals surface area contributed by atoms with Crippen molar-refractivity contribution in [3.05, 3.63) is 70.2 Å². The fraction of sp³-hybridized carbons (Fsp3) is 0.414. The fourth-order valence-electron chi connectivity index (χ4n) is 5.06. The molecule has 8 nitrogen and oxygen atoms in total. The number of rotatable bonds is 12. The van der Waals surface area contributed by atoms with Crippen molar-refractivity contribution in [2.75, 3.05) is 40.0 Å². The Bertz CT molecular complexity index is 1400. The maximum absolute atomic E-state index is 13.6. The molecule has 216 valence electrons. The predicted molar refractivity (Wildman–Crippen MR) is 152 cm³/mol. The van der Waals surface area contributed by atoms with Crippen molar-refractivity contribution in [2.45, 2.75) is 42.2 Å². The highest BCUT2D eigenvalue weighted by Crippen LogP contribution is 2.36. The van der Waals surface area contributed by atoms with E-state index >= 15 is 0 Å². The first kappa shape index (κ1) is 30.1. The van der Waals surface area contributed by atoms with Gasteiger partial charge in [0.1, 0.15) is 11.6 Å². The molecule has 0 spiro atoms. The van der Waals surface area contributed by atoms with Crippen molar-refractivity contribution < 1.29 is 32.3 Å². The van der Waals surface area contributed by atoms with Crippen molar-refractivity contribution in [3.8, 4) is 16.9 Å². The van der Waals surface area contributed by atoms with Crippen LogP contribution in [0.4, 0.5) is 4.39 Å². The molecule has 40 heavy (non-hydrogen) atoms. The van der Waals surface area contributed by atoms with E-state index in [-0.39, 0.29) is 23.6 Å². The van der Waals surface area contributed by atoms with E-state index < -0.39 is 20.5 Å². The molecule has 2 N–H and O–H groups in total. The zero-order chi connectivity index (χ0) is 28.8. The lowest BCUT2D eigenvalue weighted by atomic mass is 9.95. The van der Waals surface area contributed by atoms with Gasteiger partial charge in [-0.2, -0.15) is 0 Å². The number of carbonyl (C=O) groups excluding carboxylic acids is 1. The second-order valence-corrected chi connectivity index (χ2v) is 13.2. The van der Waals surface area contributed by atoms with Crippen LogP contribution in [0.2, 0.25) is 0 Å². The van der Waals surface area contributed by atoms with E-state index in [1.807, 2.05) is 11.8 Å². The fourth-order valence-corrected chi connectivity index (χ4v) is 7.94. The minimum atomic E-state index is -4.09. The molecule has 11 heteroatoms. The van der Waals surface area contributed by atoms with Crippen molar-refractivity contribution >= 4 is 27.1 Å². The number of amides is 1. The Kier molecular flexibility index (Phi) is 9.96. The van der Waals surface area contributed by atoms with Crippen molar-refractivity contribution in [1.29, 1.82) is 0 Å². The molecule has 0 radical (unpaired) electrons. The molecule has 0 unspecified atom stereocenters. The summed E-state index contributed by atoms with van der Waals surface area (Å²) in [6, 6.07) is 13.0. The van der Waals surface area contributed by atoms with Crippen LogP contribution in [0.5, 0.6) is 5.75 Å². The lowest BCUT2D eigenvalue weighted by molar-refractivity contribution is -0.133. The summed E-state index contributed by atoms with van der Waals surface area (Å²) in [6.45, 7) is 4.29. The Balaban J connectivity index is 1.34. The number of ether oxygens (including phenoxy) is 2. The highest BCUT2D eigenvalue weighted by atomic mass is 32.2. The zero-order valence-electron chi connectivity index (χ0n) is 22.7. The van der Waals surface area contributed by atoms with E-state index in [0.29, 0.717) is 38.6 Å². The Morgan fingerprint density at radius 3 is 2.50 bits per heavy atom. The number of halogens is 1. The molecule has 3 aromatic rings. The number of carbonyl (C=O) groups is 1. The summed E-state index contributed by atoms with van der Waals surface area (Å²) >= 11 is 1.65. The summed E-state index contributed by atoms with van der Waals surface area (Å²) in [5.74, 6) is -0.623. The van der Waals surface area contributed by atoms with Gasteiger partial charge in [-0.1, -0.05) is 6.07 Å². The molecule has 1 saturated heterocycles. The Labute approximate surface area is 238 Å². The van der Waals surface area contributed by atoms with E-state index in [0.717, 1.165) is 29.5 Å². The van der Waals surface area contributed by atoms with E-state index in [9.17, 15) is 22.8 Å². The van der Waals surface area contributed by atoms with Gasteiger partial charge in [0.25, 0.3) is 5.91 Å². The third-order valence-corrected chi connectivity index (χ3v) is 10.9. The summed E-state index contributed by atoms with van der Waals surface area (Å²) in [7, 11) is -2.49. The van der Waals surface area contributed by atoms with Gasteiger partial charge >= 0.3 is 0 Å². The maximum Gasteiger partial charge on any atom is 0.265 e. The number of hydrogen-bond acceptors (Lipinski definition) is 8. The molecule has 0 aliphatic carbocycles. The standard InChI is InChI=1S/C29H35FN2O6S2/c1-21-18-23(30)5-10-27(21)22-19-25(39-20-22)4-3-16-38-24-6-8-26(9-7-24)40(35,36)29(28(33)31-34)11-13-32(14-12-29)15-17-37-2/h5-10,18-20,34H,3-4,11-17H2,1-2H3,(H,31,33). The molecule has 2 aromatic carbocycles. The van der Waals surface area contributed by atoms with Gasteiger partial charge in [-0.3, -0.25) is 10.0 Å². The topological polar surface area (TPSA) is 105 Å². The number of nitrogens with one attached hydrogen (secondary N) is 1. The number of thiophene rings is 1. The van der Waals surface area contributed by atoms with Crippen LogP contribution in [-0.2, 0) is 25.8 Å². The number of hydroxylamine groups is 1. The molecule has 0 atom stereocenters. The average Bonchev–Trinajstić information content (AvgIpc) is 3.42. The molecular weight excluding hydrogens is 555 g/mol. The van der Waals surface area contributed by atoms with Crippen LogP contribution in [-0.4, -0.2) is 69.1 Å². The number of methoxy groups -OCH3 is 1. The van der Waals surface area contributed by atoms with Crippen LogP contribution >= 0.6 is 11.3 Å². The number of benzene rings is 2. The summed E-state index contributed by atoms with van der Waals surface area (Å²) in [5.41, 5.74) is 4.57. The average molecular weight is 591 g/mol. The van der Waals surface area contributed by atoms with Gasteiger partial charge in [0.2, 0.25) is 0 Å². The molecule has 1 fully saturated rings. The summed E-state index contributed by atoms with van der Waals surface area (Å²) in [4.78, 5) is 15.9. The third-order valence-electron chi connectivity index (χ3n) is 7.43. The molecule has 1 aromatic heterocycles. The van der Waals surface area contributed by atoms with Crippen LogP contribution in [0.15, 0.2) is 58.8 Å². The monoisotopic (exact) mass is 590 g/mol. The predicted octanol–water partition coefficient (Wildman–Crippen LogP) is 4.63. The summed E-state index contributed by atoms with van der Waals surface area (Å²) in [6.07, 6.45) is 1.71. The van der Waals surface area contributed by atoms with E-state index in [1.54, 1.807) is 42.1 Å². The van der Waals surface area contributed by atoms with Crippen LogP contribution in [0.25, 0.3) is 11.1 Å². The molecule has 0 bridgehead atoms. The second kappa shape index (κ2) is 13.2. The Hall–Kier alpha value is -2.83. The van der Waals surface area contributed by atoms with E-state index in [4.69, 9.17) is 9.47 Å². The second-order valence-electron chi connectivity index (χ2n) is 9.96. The molecule has 2 heterocycles. The van der Waals surface area contributed by atoms with Crippen LogP contribution in [0.1, 0.15) is 29.7 Å². The Morgan fingerprint density at radius 2 is 1.85 bits per heavy atom. The minimum Gasteiger partial charge on any atom is -0.494 e. The molecular formula is C29H35FN2O6S2. The molecule has 4 rings (SSSR count). The number of nitrogens with zero attached hydrogens (tertiary/aromatic N) is 1. The lowest BCUT2D eigenvalue weighted by Gasteiger charge is -2.39. The normalized spacial score (nSPS) is 15.6. The highest BCUT2D eigenvalue weighted by Gasteiger charge is 2.52.